The lowest BCUT2D eigenvalue weighted by Gasteiger charge is -2.31. The third-order valence-electron chi connectivity index (χ3n) is 6.76. The fraction of sp³-hybridized carbons (Fsp3) is 0.407. The molecule has 1 saturated heterocycles. The van der Waals surface area contributed by atoms with E-state index in [1.807, 2.05) is 30.3 Å². The summed E-state index contributed by atoms with van der Waals surface area (Å²) < 4.78 is -0.911. The highest BCUT2D eigenvalue weighted by atomic mass is 33.1. The molecule has 0 aromatic heterocycles. The van der Waals surface area contributed by atoms with Crippen LogP contribution < -0.4 is 21.3 Å². The van der Waals surface area contributed by atoms with Crippen molar-refractivity contribution < 1.29 is 29.4 Å². The number of aromatic hydroxyl groups is 1. The number of carboxylic acids is 1. The molecule has 2 aromatic rings. The van der Waals surface area contributed by atoms with Crippen molar-refractivity contribution in [1.29, 1.82) is 0 Å². The average Bonchev–Trinajstić information content (AvgIpc) is 2.91. The van der Waals surface area contributed by atoms with Gasteiger partial charge >= 0.3 is 5.97 Å². The number of phenols is 1. The van der Waals surface area contributed by atoms with Crippen LogP contribution in [0.1, 0.15) is 30.5 Å². The van der Waals surface area contributed by atoms with Gasteiger partial charge in [-0.2, -0.15) is 0 Å². The zero-order chi connectivity index (χ0) is 28.2. The van der Waals surface area contributed by atoms with E-state index in [-0.39, 0.29) is 23.8 Å². The number of rotatable bonds is 5. The molecule has 12 heteroatoms. The number of carbonyl (C=O) groups is 4. The van der Waals surface area contributed by atoms with Crippen molar-refractivity contribution in [1.82, 2.24) is 21.3 Å². The first-order valence-corrected chi connectivity index (χ1v) is 14.9. The van der Waals surface area contributed by atoms with Gasteiger partial charge in [-0.05, 0) is 49.1 Å². The van der Waals surface area contributed by atoms with E-state index in [1.54, 1.807) is 32.0 Å². The predicted molar refractivity (Wildman–Crippen MR) is 150 cm³/mol. The van der Waals surface area contributed by atoms with Gasteiger partial charge in [0, 0.05) is 18.7 Å². The van der Waals surface area contributed by atoms with E-state index >= 15 is 0 Å². The Labute approximate surface area is 234 Å². The highest BCUT2D eigenvalue weighted by molar-refractivity contribution is 8.77. The Bertz CT molecular complexity index is 1240. The number of carbonyl (C=O) groups excluding carboxylic acids is 3. The smallest absolute Gasteiger partial charge is 0.327 e. The summed E-state index contributed by atoms with van der Waals surface area (Å²) in [6.07, 6.45) is 0.546. The second-order valence-corrected chi connectivity index (χ2v) is 13.1. The Kier molecular flexibility index (Phi) is 9.08. The number of phenolic OH excluding ortho intramolecular Hbond substituents is 1. The zero-order valence-electron chi connectivity index (χ0n) is 21.6. The van der Waals surface area contributed by atoms with E-state index in [1.165, 1.54) is 21.6 Å². The predicted octanol–water partition coefficient (Wildman–Crippen LogP) is 1.36. The van der Waals surface area contributed by atoms with Crippen LogP contribution in [0.5, 0.6) is 5.75 Å². The number of hydrogen-bond donors (Lipinski definition) is 6. The molecule has 0 unspecified atom stereocenters. The highest BCUT2D eigenvalue weighted by Crippen LogP contribution is 2.39. The van der Waals surface area contributed by atoms with Gasteiger partial charge in [-0.25, -0.2) is 4.79 Å². The Morgan fingerprint density at radius 3 is 2.51 bits per heavy atom. The quantitative estimate of drug-likeness (QED) is 0.291. The third-order valence-corrected chi connectivity index (χ3v) is 10.1. The number of aliphatic carboxylic acids is 1. The number of benzene rings is 2. The number of hydrogen-bond acceptors (Lipinski definition) is 8. The van der Waals surface area contributed by atoms with Crippen molar-refractivity contribution in [2.45, 2.75) is 62.1 Å². The normalized spacial score (nSPS) is 25.3. The maximum atomic E-state index is 13.4. The highest BCUT2D eigenvalue weighted by Gasteiger charge is 2.41. The maximum Gasteiger partial charge on any atom is 0.327 e. The first kappa shape index (κ1) is 28.8. The van der Waals surface area contributed by atoms with Crippen LogP contribution >= 0.6 is 21.6 Å². The van der Waals surface area contributed by atoms with Crippen molar-refractivity contribution in [2.24, 2.45) is 0 Å². The second kappa shape index (κ2) is 12.3. The lowest BCUT2D eigenvalue weighted by molar-refractivity contribution is -0.143. The Morgan fingerprint density at radius 2 is 1.79 bits per heavy atom. The van der Waals surface area contributed by atoms with Gasteiger partial charge in [-0.3, -0.25) is 14.4 Å². The number of fused-ring (bicyclic) bond motifs is 1. The largest absolute Gasteiger partial charge is 0.508 e. The molecule has 3 amide bonds. The molecule has 2 aliphatic rings. The van der Waals surface area contributed by atoms with Crippen LogP contribution in [0.4, 0.5) is 0 Å². The fourth-order valence-electron chi connectivity index (χ4n) is 4.55. The van der Waals surface area contributed by atoms with E-state index in [0.717, 1.165) is 16.7 Å². The molecular formula is C27H32N4O6S2. The molecule has 0 bridgehead atoms. The molecule has 0 saturated carbocycles. The van der Waals surface area contributed by atoms with E-state index < -0.39 is 46.7 Å². The molecule has 6 N–H and O–H groups in total. The molecule has 10 nitrogen and oxygen atoms in total. The average molecular weight is 573 g/mol. The molecule has 0 radical (unpaired) electrons. The molecule has 0 spiro atoms. The molecular weight excluding hydrogens is 540 g/mol. The van der Waals surface area contributed by atoms with Crippen molar-refractivity contribution in [3.63, 3.8) is 0 Å². The number of carboxylic acid groups (broad SMARTS) is 1. The summed E-state index contributed by atoms with van der Waals surface area (Å²) in [6.45, 7) is 3.84. The summed E-state index contributed by atoms with van der Waals surface area (Å²) in [5, 5.41) is 30.9. The topological polar surface area (TPSA) is 157 Å². The van der Waals surface area contributed by atoms with Gasteiger partial charge < -0.3 is 31.5 Å². The lowest BCUT2D eigenvalue weighted by Crippen LogP contribution is -2.60. The van der Waals surface area contributed by atoms with Crippen molar-refractivity contribution in [3.05, 3.63) is 65.2 Å². The van der Waals surface area contributed by atoms with Gasteiger partial charge in [0.25, 0.3) is 0 Å². The summed E-state index contributed by atoms with van der Waals surface area (Å²) in [6, 6.07) is 10.3. The molecule has 2 aliphatic heterocycles. The van der Waals surface area contributed by atoms with Crippen LogP contribution in [0.3, 0.4) is 0 Å². The van der Waals surface area contributed by atoms with Gasteiger partial charge in [-0.15, -0.1) is 0 Å². The van der Waals surface area contributed by atoms with E-state index in [9.17, 15) is 29.4 Å². The Morgan fingerprint density at radius 1 is 1.05 bits per heavy atom. The van der Waals surface area contributed by atoms with Crippen LogP contribution in [0.2, 0.25) is 0 Å². The summed E-state index contributed by atoms with van der Waals surface area (Å²) in [5.74, 6) is -2.35. The Balaban J connectivity index is 1.54. The standard InChI is InChI=1S/C27H32N4O6S2/c1-27(2)22(26(36)37)31-24(34)20(10-15-6-4-3-5-7-15)29-25(35)21(14-38-39-27)30-23(33)19-12-16-8-9-18(32)11-17(16)13-28-19/h3-9,11,19-22,28,32H,10,12-14H2,1-2H3,(H,29,35)(H,30,33)(H,31,34)(H,36,37)/t19-,20-,21+,22-/m0/s1. The molecule has 2 aromatic carbocycles. The van der Waals surface area contributed by atoms with Crippen LogP contribution in [0.15, 0.2) is 48.5 Å². The van der Waals surface area contributed by atoms with Gasteiger partial charge in [0.2, 0.25) is 17.7 Å². The van der Waals surface area contributed by atoms with Crippen molar-refractivity contribution in [3.8, 4) is 5.75 Å². The third kappa shape index (κ3) is 7.25. The van der Waals surface area contributed by atoms with Crippen LogP contribution in [-0.2, 0) is 38.6 Å². The lowest BCUT2D eigenvalue weighted by atomic mass is 9.95. The van der Waals surface area contributed by atoms with Crippen molar-refractivity contribution >= 4 is 45.3 Å². The summed E-state index contributed by atoms with van der Waals surface area (Å²) in [7, 11) is 2.51. The minimum Gasteiger partial charge on any atom is -0.508 e. The molecule has 208 valence electrons. The molecule has 39 heavy (non-hydrogen) atoms. The molecule has 1 fully saturated rings. The first-order valence-electron chi connectivity index (χ1n) is 12.6. The van der Waals surface area contributed by atoms with Crippen LogP contribution in [0, 0.1) is 0 Å². The first-order chi connectivity index (χ1) is 18.5. The number of nitrogens with one attached hydrogen (secondary N) is 4. The maximum absolute atomic E-state index is 13.4. The second-order valence-electron chi connectivity index (χ2n) is 10.2. The molecule has 0 aliphatic carbocycles. The van der Waals surface area contributed by atoms with E-state index in [2.05, 4.69) is 21.3 Å². The van der Waals surface area contributed by atoms with E-state index in [4.69, 9.17) is 0 Å². The van der Waals surface area contributed by atoms with Crippen molar-refractivity contribution in [2.75, 3.05) is 5.75 Å². The number of amides is 3. The zero-order valence-corrected chi connectivity index (χ0v) is 23.2. The van der Waals surface area contributed by atoms with Gasteiger partial charge in [0.05, 0.1) is 10.8 Å². The summed E-state index contributed by atoms with van der Waals surface area (Å²) >= 11 is 0. The monoisotopic (exact) mass is 572 g/mol. The molecule has 4 atom stereocenters. The SMILES string of the molecule is CC1(C)SSC[C@@H](NC(=O)[C@@H]2Cc3ccc(O)cc3CN2)C(=O)N[C@@H](Cc2ccccc2)C(=O)N[C@H]1C(=O)O. The van der Waals surface area contributed by atoms with Gasteiger partial charge in [-0.1, -0.05) is 58.0 Å². The minimum absolute atomic E-state index is 0.153. The molecule has 2 heterocycles. The minimum atomic E-state index is -1.20. The Hall–Kier alpha value is -3.22. The van der Waals surface area contributed by atoms with Crippen LogP contribution in [0.25, 0.3) is 0 Å². The summed E-state index contributed by atoms with van der Waals surface area (Å²) in [4.78, 5) is 52.0. The van der Waals surface area contributed by atoms with Gasteiger partial charge in [0.1, 0.15) is 23.9 Å². The van der Waals surface area contributed by atoms with E-state index in [0.29, 0.717) is 13.0 Å². The fourth-order valence-corrected chi connectivity index (χ4v) is 7.36. The van der Waals surface area contributed by atoms with Crippen LogP contribution in [-0.4, -0.2) is 68.6 Å². The van der Waals surface area contributed by atoms with Gasteiger partial charge in [0.15, 0.2) is 0 Å². The summed E-state index contributed by atoms with van der Waals surface area (Å²) in [5.41, 5.74) is 2.63. The molecule has 4 rings (SSSR count).